The highest BCUT2D eigenvalue weighted by Gasteiger charge is 2.18. The van der Waals surface area contributed by atoms with Crippen molar-refractivity contribution in [3.63, 3.8) is 0 Å². The Morgan fingerprint density at radius 2 is 2.21 bits per heavy atom. The normalized spacial score (nSPS) is 14.1. The van der Waals surface area contributed by atoms with Crippen molar-refractivity contribution in [2.45, 2.75) is 32.4 Å². The lowest BCUT2D eigenvalue weighted by Gasteiger charge is -2.16. The second-order valence-electron chi connectivity index (χ2n) is 4.62. The molecule has 0 aliphatic rings. The molecule has 0 spiro atoms. The van der Waals surface area contributed by atoms with E-state index in [0.717, 1.165) is 11.3 Å². The van der Waals surface area contributed by atoms with Crippen molar-refractivity contribution in [3.05, 3.63) is 44.3 Å². The Morgan fingerprint density at radius 1 is 1.42 bits per heavy atom. The van der Waals surface area contributed by atoms with Crippen LogP contribution in [0.25, 0.3) is 0 Å². The van der Waals surface area contributed by atoms with Crippen LogP contribution < -0.4 is 11.1 Å². The number of carbonyl (C=O) groups excluding carboxylic acids is 1. The van der Waals surface area contributed by atoms with Gasteiger partial charge >= 0.3 is 0 Å². The second-order valence-corrected chi connectivity index (χ2v) is 6.97. The standard InChI is InChI=1S/C14H18N2OS2/c1-9(8-11-6-5-10(2)19-11)16-14(17)13(15)12-4-3-7-18-12/h3-7,9,13H,8,15H2,1-2H3,(H,16,17). The topological polar surface area (TPSA) is 55.1 Å². The number of amides is 1. The molecule has 0 aromatic carbocycles. The van der Waals surface area contributed by atoms with Crippen LogP contribution in [0.5, 0.6) is 0 Å². The molecular formula is C14H18N2OS2. The predicted molar refractivity (Wildman–Crippen MR) is 81.6 cm³/mol. The maximum Gasteiger partial charge on any atom is 0.242 e. The molecule has 102 valence electrons. The first kappa shape index (κ1) is 14.2. The number of hydrogen-bond acceptors (Lipinski definition) is 4. The molecule has 2 aromatic heterocycles. The van der Waals surface area contributed by atoms with Gasteiger partial charge in [0.15, 0.2) is 0 Å². The van der Waals surface area contributed by atoms with Crippen molar-refractivity contribution < 1.29 is 4.79 Å². The smallest absolute Gasteiger partial charge is 0.242 e. The molecule has 2 aromatic rings. The van der Waals surface area contributed by atoms with E-state index in [1.54, 1.807) is 11.3 Å². The van der Waals surface area contributed by atoms with Crippen molar-refractivity contribution >= 4 is 28.6 Å². The minimum atomic E-state index is -0.562. The lowest BCUT2D eigenvalue weighted by molar-refractivity contribution is -0.123. The molecule has 0 saturated heterocycles. The Bertz CT molecular complexity index is 533. The summed E-state index contributed by atoms with van der Waals surface area (Å²) in [6, 6.07) is 7.55. The van der Waals surface area contributed by atoms with Gasteiger partial charge in [-0.05, 0) is 37.4 Å². The van der Waals surface area contributed by atoms with Crippen LogP contribution in [0.2, 0.25) is 0 Å². The molecule has 2 unspecified atom stereocenters. The Balaban J connectivity index is 1.88. The van der Waals surface area contributed by atoms with Crippen molar-refractivity contribution in [2.24, 2.45) is 5.73 Å². The average Bonchev–Trinajstić information content (AvgIpc) is 2.99. The first-order chi connectivity index (χ1) is 9.06. The van der Waals surface area contributed by atoms with Crippen LogP contribution in [0.3, 0.4) is 0 Å². The van der Waals surface area contributed by atoms with Gasteiger partial charge in [0.25, 0.3) is 0 Å². The molecule has 1 amide bonds. The third-order valence-corrected chi connectivity index (χ3v) is 4.80. The van der Waals surface area contributed by atoms with E-state index in [2.05, 4.69) is 24.4 Å². The van der Waals surface area contributed by atoms with E-state index in [1.165, 1.54) is 21.1 Å². The highest BCUT2D eigenvalue weighted by molar-refractivity contribution is 7.11. The summed E-state index contributed by atoms with van der Waals surface area (Å²) < 4.78 is 0. The summed E-state index contributed by atoms with van der Waals surface area (Å²) in [5.41, 5.74) is 5.93. The van der Waals surface area contributed by atoms with Gasteiger partial charge in [-0.25, -0.2) is 0 Å². The van der Waals surface area contributed by atoms with Gasteiger partial charge in [0, 0.05) is 27.1 Å². The molecule has 3 N–H and O–H groups in total. The molecule has 0 saturated carbocycles. The lowest BCUT2D eigenvalue weighted by Crippen LogP contribution is -2.40. The summed E-state index contributed by atoms with van der Waals surface area (Å²) in [5, 5.41) is 4.91. The van der Waals surface area contributed by atoms with E-state index in [-0.39, 0.29) is 11.9 Å². The fourth-order valence-electron chi connectivity index (χ4n) is 1.88. The van der Waals surface area contributed by atoms with E-state index >= 15 is 0 Å². The molecule has 2 heterocycles. The Morgan fingerprint density at radius 3 is 2.79 bits per heavy atom. The fraction of sp³-hybridized carbons (Fsp3) is 0.357. The second kappa shape index (κ2) is 6.32. The van der Waals surface area contributed by atoms with Crippen LogP contribution in [0.15, 0.2) is 29.6 Å². The Kier molecular flexibility index (Phi) is 4.74. The number of carbonyl (C=O) groups is 1. The first-order valence-electron chi connectivity index (χ1n) is 6.21. The predicted octanol–water partition coefficient (Wildman–Crippen LogP) is 2.87. The molecule has 0 fully saturated rings. The van der Waals surface area contributed by atoms with Gasteiger partial charge in [-0.15, -0.1) is 22.7 Å². The maximum absolute atomic E-state index is 12.0. The first-order valence-corrected chi connectivity index (χ1v) is 7.90. The molecule has 5 heteroatoms. The Labute approximate surface area is 121 Å². The zero-order valence-electron chi connectivity index (χ0n) is 11.1. The van der Waals surface area contributed by atoms with Gasteiger partial charge in [0.05, 0.1) is 0 Å². The van der Waals surface area contributed by atoms with Gasteiger partial charge in [0.1, 0.15) is 6.04 Å². The monoisotopic (exact) mass is 294 g/mol. The van der Waals surface area contributed by atoms with E-state index in [4.69, 9.17) is 5.73 Å². The largest absolute Gasteiger partial charge is 0.352 e. The van der Waals surface area contributed by atoms with Crippen LogP contribution in [0.1, 0.15) is 27.6 Å². The van der Waals surface area contributed by atoms with E-state index in [0.29, 0.717) is 0 Å². The van der Waals surface area contributed by atoms with E-state index in [9.17, 15) is 4.79 Å². The molecule has 3 nitrogen and oxygen atoms in total. The van der Waals surface area contributed by atoms with Crippen LogP contribution in [0, 0.1) is 6.92 Å². The van der Waals surface area contributed by atoms with Crippen molar-refractivity contribution in [1.82, 2.24) is 5.32 Å². The third kappa shape index (κ3) is 3.89. The number of hydrogen-bond donors (Lipinski definition) is 2. The van der Waals surface area contributed by atoms with Crippen LogP contribution in [-0.2, 0) is 11.2 Å². The Hall–Kier alpha value is -1.17. The maximum atomic E-state index is 12.0. The summed E-state index contributed by atoms with van der Waals surface area (Å²) in [5.74, 6) is -0.108. The lowest BCUT2D eigenvalue weighted by atomic mass is 10.1. The van der Waals surface area contributed by atoms with Gasteiger partial charge in [-0.1, -0.05) is 6.07 Å². The number of nitrogens with two attached hydrogens (primary N) is 1. The number of nitrogens with one attached hydrogen (secondary N) is 1. The van der Waals surface area contributed by atoms with Gasteiger partial charge in [-0.3, -0.25) is 4.79 Å². The minimum absolute atomic E-state index is 0.0940. The third-order valence-electron chi connectivity index (χ3n) is 2.82. The SMILES string of the molecule is Cc1ccc(CC(C)NC(=O)C(N)c2cccs2)s1. The molecule has 19 heavy (non-hydrogen) atoms. The molecule has 0 radical (unpaired) electrons. The van der Waals surface area contributed by atoms with Crippen LogP contribution >= 0.6 is 22.7 Å². The number of rotatable bonds is 5. The zero-order valence-corrected chi connectivity index (χ0v) is 12.7. The molecule has 2 atom stereocenters. The summed E-state index contributed by atoms with van der Waals surface area (Å²) in [7, 11) is 0. The fourth-order valence-corrected chi connectivity index (χ4v) is 3.62. The van der Waals surface area contributed by atoms with Gasteiger partial charge < -0.3 is 11.1 Å². The van der Waals surface area contributed by atoms with E-state index < -0.39 is 6.04 Å². The van der Waals surface area contributed by atoms with Crippen LogP contribution in [-0.4, -0.2) is 11.9 Å². The molecule has 0 aliphatic carbocycles. The highest BCUT2D eigenvalue weighted by Crippen LogP contribution is 2.18. The van der Waals surface area contributed by atoms with E-state index in [1.807, 2.05) is 24.4 Å². The number of thiophene rings is 2. The van der Waals surface area contributed by atoms with Crippen molar-refractivity contribution in [3.8, 4) is 0 Å². The molecule has 0 bridgehead atoms. The van der Waals surface area contributed by atoms with Gasteiger partial charge in [0.2, 0.25) is 5.91 Å². The van der Waals surface area contributed by atoms with Crippen LogP contribution in [0.4, 0.5) is 0 Å². The molecule has 0 aliphatic heterocycles. The summed E-state index contributed by atoms with van der Waals surface area (Å²) in [6.45, 7) is 4.10. The summed E-state index contributed by atoms with van der Waals surface area (Å²) in [6.07, 6.45) is 0.849. The highest BCUT2D eigenvalue weighted by atomic mass is 32.1. The van der Waals surface area contributed by atoms with Gasteiger partial charge in [-0.2, -0.15) is 0 Å². The number of aryl methyl sites for hydroxylation is 1. The zero-order chi connectivity index (χ0) is 13.8. The van der Waals surface area contributed by atoms with Crippen molar-refractivity contribution in [2.75, 3.05) is 0 Å². The minimum Gasteiger partial charge on any atom is -0.352 e. The summed E-state index contributed by atoms with van der Waals surface area (Å²) in [4.78, 5) is 15.5. The molecule has 2 rings (SSSR count). The van der Waals surface area contributed by atoms with Crippen molar-refractivity contribution in [1.29, 1.82) is 0 Å². The summed E-state index contributed by atoms with van der Waals surface area (Å²) >= 11 is 3.28. The average molecular weight is 294 g/mol. The quantitative estimate of drug-likeness (QED) is 0.891. The molecular weight excluding hydrogens is 276 g/mol.